The van der Waals surface area contributed by atoms with Gasteiger partial charge in [-0.25, -0.2) is 4.98 Å². The number of para-hydroxylation sites is 1. The fourth-order valence-electron chi connectivity index (χ4n) is 4.38. The summed E-state index contributed by atoms with van der Waals surface area (Å²) in [6, 6.07) is 17.1. The SMILES string of the molecule is Cc1ccccc1N1CCN(C(=O)Cc2csc(NC(=O)CN(C(=O)c3ccccc3)C(C)C)n2)CC1. The average molecular weight is 520 g/mol. The van der Waals surface area contributed by atoms with Crippen molar-refractivity contribution in [2.45, 2.75) is 33.2 Å². The van der Waals surface area contributed by atoms with Crippen LogP contribution in [-0.2, 0) is 16.0 Å². The molecule has 0 bridgehead atoms. The van der Waals surface area contributed by atoms with E-state index in [1.54, 1.807) is 29.6 Å². The Bertz CT molecular complexity index is 1240. The van der Waals surface area contributed by atoms with E-state index >= 15 is 0 Å². The molecule has 0 spiro atoms. The monoisotopic (exact) mass is 519 g/mol. The predicted molar refractivity (Wildman–Crippen MR) is 147 cm³/mol. The fraction of sp³-hybridized carbons (Fsp3) is 0.357. The Kier molecular flexibility index (Phi) is 8.55. The molecule has 1 aliphatic rings. The summed E-state index contributed by atoms with van der Waals surface area (Å²) in [7, 11) is 0. The molecule has 0 saturated carbocycles. The van der Waals surface area contributed by atoms with Gasteiger partial charge in [-0.2, -0.15) is 0 Å². The number of carbonyl (C=O) groups excluding carboxylic acids is 3. The summed E-state index contributed by atoms with van der Waals surface area (Å²) in [4.78, 5) is 48.6. The lowest BCUT2D eigenvalue weighted by molar-refractivity contribution is -0.130. The van der Waals surface area contributed by atoms with Crippen LogP contribution >= 0.6 is 11.3 Å². The van der Waals surface area contributed by atoms with Crippen molar-refractivity contribution in [2.75, 3.05) is 42.9 Å². The maximum atomic E-state index is 12.9. The molecule has 37 heavy (non-hydrogen) atoms. The minimum Gasteiger partial charge on any atom is -0.368 e. The van der Waals surface area contributed by atoms with E-state index < -0.39 is 0 Å². The van der Waals surface area contributed by atoms with Gasteiger partial charge in [0.2, 0.25) is 11.8 Å². The third-order valence-corrected chi connectivity index (χ3v) is 7.24. The summed E-state index contributed by atoms with van der Waals surface area (Å²) in [5.74, 6) is -0.483. The number of nitrogens with zero attached hydrogens (tertiary/aromatic N) is 4. The van der Waals surface area contributed by atoms with Crippen molar-refractivity contribution in [3.05, 3.63) is 76.8 Å². The van der Waals surface area contributed by atoms with Crippen LogP contribution in [0.5, 0.6) is 0 Å². The van der Waals surface area contributed by atoms with Crippen LogP contribution in [0, 0.1) is 6.92 Å². The van der Waals surface area contributed by atoms with Crippen molar-refractivity contribution in [1.29, 1.82) is 0 Å². The third kappa shape index (κ3) is 6.74. The maximum Gasteiger partial charge on any atom is 0.254 e. The molecular weight excluding hydrogens is 486 g/mol. The third-order valence-electron chi connectivity index (χ3n) is 6.44. The highest BCUT2D eigenvalue weighted by Gasteiger charge is 2.24. The summed E-state index contributed by atoms with van der Waals surface area (Å²) in [6.07, 6.45) is 0.196. The fourth-order valence-corrected chi connectivity index (χ4v) is 5.10. The normalized spacial score (nSPS) is 13.5. The summed E-state index contributed by atoms with van der Waals surface area (Å²) in [5.41, 5.74) is 3.63. The van der Waals surface area contributed by atoms with Crippen LogP contribution in [0.25, 0.3) is 0 Å². The first-order valence-electron chi connectivity index (χ1n) is 12.5. The van der Waals surface area contributed by atoms with E-state index in [1.807, 2.05) is 36.9 Å². The molecule has 1 N–H and O–H groups in total. The molecular formula is C28H33N5O3S. The standard InChI is InChI=1S/C28H33N5O3S/c1-20(2)33(27(36)22-10-5-4-6-11-22)18-25(34)30-28-29-23(19-37-28)17-26(35)32-15-13-31(14-16-32)24-12-8-7-9-21(24)3/h4-12,19-20H,13-18H2,1-3H3,(H,29,30,34). The molecule has 4 rings (SSSR count). The van der Waals surface area contributed by atoms with E-state index in [2.05, 4.69) is 34.3 Å². The Labute approximate surface area is 221 Å². The first-order chi connectivity index (χ1) is 17.8. The first kappa shape index (κ1) is 26.3. The van der Waals surface area contributed by atoms with Crippen molar-refractivity contribution < 1.29 is 14.4 Å². The van der Waals surface area contributed by atoms with E-state index in [1.165, 1.54) is 27.5 Å². The lowest BCUT2D eigenvalue weighted by atomic mass is 10.1. The van der Waals surface area contributed by atoms with Gasteiger partial charge in [-0.05, 0) is 44.5 Å². The van der Waals surface area contributed by atoms with Crippen LogP contribution in [0.1, 0.15) is 35.5 Å². The van der Waals surface area contributed by atoms with Gasteiger partial charge >= 0.3 is 0 Å². The average Bonchev–Trinajstić information content (AvgIpc) is 3.34. The van der Waals surface area contributed by atoms with Gasteiger partial charge in [0.25, 0.3) is 5.91 Å². The molecule has 1 aliphatic heterocycles. The Balaban J connectivity index is 1.28. The first-order valence-corrected chi connectivity index (χ1v) is 13.4. The van der Waals surface area contributed by atoms with Gasteiger partial charge in [-0.15, -0.1) is 11.3 Å². The van der Waals surface area contributed by atoms with Crippen molar-refractivity contribution in [3.8, 4) is 0 Å². The number of rotatable bonds is 8. The van der Waals surface area contributed by atoms with Gasteiger partial charge in [-0.3, -0.25) is 14.4 Å². The Morgan fingerprint density at radius 3 is 2.35 bits per heavy atom. The van der Waals surface area contributed by atoms with Crippen LogP contribution in [-0.4, -0.2) is 71.3 Å². The summed E-state index contributed by atoms with van der Waals surface area (Å²) in [6.45, 7) is 8.70. The van der Waals surface area contributed by atoms with Crippen LogP contribution in [0.15, 0.2) is 60.0 Å². The summed E-state index contributed by atoms with van der Waals surface area (Å²) in [5, 5.41) is 5.00. The van der Waals surface area contributed by atoms with Gasteiger partial charge in [0, 0.05) is 48.9 Å². The Hall–Kier alpha value is -3.72. The minimum absolute atomic E-state index is 0.0343. The number of aryl methyl sites for hydroxylation is 1. The van der Waals surface area contributed by atoms with Crippen LogP contribution in [0.4, 0.5) is 10.8 Å². The van der Waals surface area contributed by atoms with E-state index in [0.29, 0.717) is 29.5 Å². The number of hydrogen-bond acceptors (Lipinski definition) is 6. The number of carbonyl (C=O) groups is 3. The van der Waals surface area contributed by atoms with Crippen molar-refractivity contribution in [2.24, 2.45) is 0 Å². The highest BCUT2D eigenvalue weighted by Crippen LogP contribution is 2.22. The zero-order valence-electron chi connectivity index (χ0n) is 21.5. The number of aromatic nitrogens is 1. The van der Waals surface area contributed by atoms with Crippen LogP contribution < -0.4 is 10.2 Å². The van der Waals surface area contributed by atoms with E-state index in [9.17, 15) is 14.4 Å². The Morgan fingerprint density at radius 1 is 1.00 bits per heavy atom. The van der Waals surface area contributed by atoms with Gasteiger partial charge in [0.1, 0.15) is 6.54 Å². The molecule has 1 fully saturated rings. The number of thiazole rings is 1. The highest BCUT2D eigenvalue weighted by molar-refractivity contribution is 7.13. The predicted octanol–water partition coefficient (Wildman–Crippen LogP) is 3.83. The lowest BCUT2D eigenvalue weighted by Crippen LogP contribution is -2.49. The molecule has 194 valence electrons. The minimum atomic E-state index is -0.322. The molecule has 3 aromatic rings. The number of benzene rings is 2. The molecule has 8 nitrogen and oxygen atoms in total. The molecule has 3 amide bonds. The molecule has 1 aromatic heterocycles. The molecule has 1 saturated heterocycles. The molecule has 0 radical (unpaired) electrons. The number of nitrogens with one attached hydrogen (secondary N) is 1. The number of hydrogen-bond donors (Lipinski definition) is 1. The van der Waals surface area contributed by atoms with Crippen molar-refractivity contribution in [3.63, 3.8) is 0 Å². The molecule has 2 heterocycles. The molecule has 0 aliphatic carbocycles. The number of amides is 3. The Morgan fingerprint density at radius 2 is 1.68 bits per heavy atom. The highest BCUT2D eigenvalue weighted by atomic mass is 32.1. The largest absolute Gasteiger partial charge is 0.368 e. The van der Waals surface area contributed by atoms with Crippen LogP contribution in [0.3, 0.4) is 0 Å². The quantitative estimate of drug-likeness (QED) is 0.489. The van der Waals surface area contributed by atoms with Gasteiger partial charge < -0.3 is 20.0 Å². The number of piperazine rings is 1. The van der Waals surface area contributed by atoms with Crippen molar-refractivity contribution in [1.82, 2.24) is 14.8 Å². The summed E-state index contributed by atoms with van der Waals surface area (Å²) >= 11 is 1.28. The van der Waals surface area contributed by atoms with Gasteiger partial charge in [0.05, 0.1) is 12.1 Å². The zero-order valence-corrected chi connectivity index (χ0v) is 22.3. The molecule has 0 unspecified atom stereocenters. The second-order valence-corrected chi connectivity index (χ2v) is 10.3. The van der Waals surface area contributed by atoms with Crippen molar-refractivity contribution >= 4 is 39.9 Å². The molecule has 2 aromatic carbocycles. The molecule has 0 atom stereocenters. The summed E-state index contributed by atoms with van der Waals surface area (Å²) < 4.78 is 0. The van der Waals surface area contributed by atoms with Gasteiger partial charge in [0.15, 0.2) is 5.13 Å². The van der Waals surface area contributed by atoms with Gasteiger partial charge in [-0.1, -0.05) is 36.4 Å². The van der Waals surface area contributed by atoms with E-state index in [0.717, 1.165) is 13.1 Å². The zero-order chi connectivity index (χ0) is 26.4. The van der Waals surface area contributed by atoms with E-state index in [4.69, 9.17) is 0 Å². The second kappa shape index (κ2) is 12.0. The molecule has 9 heteroatoms. The lowest BCUT2D eigenvalue weighted by Gasteiger charge is -2.36. The topological polar surface area (TPSA) is 85.9 Å². The van der Waals surface area contributed by atoms with Crippen LogP contribution in [0.2, 0.25) is 0 Å². The number of anilines is 2. The smallest absolute Gasteiger partial charge is 0.254 e. The van der Waals surface area contributed by atoms with E-state index in [-0.39, 0.29) is 36.7 Å². The second-order valence-electron chi connectivity index (χ2n) is 9.42. The maximum absolute atomic E-state index is 12.9.